The van der Waals surface area contributed by atoms with E-state index in [2.05, 4.69) is 43.4 Å². The lowest BCUT2D eigenvalue weighted by atomic mass is 10.1. The van der Waals surface area contributed by atoms with Gasteiger partial charge in [-0.2, -0.15) is 21.9 Å². The first-order chi connectivity index (χ1) is 26.3. The molecule has 0 aliphatic rings. The van der Waals surface area contributed by atoms with Gasteiger partial charge in [0.2, 0.25) is 0 Å². The van der Waals surface area contributed by atoms with E-state index in [1.165, 1.54) is 48.5 Å². The highest BCUT2D eigenvalue weighted by atomic mass is 32.3. The zero-order valence-electron chi connectivity index (χ0n) is 27.5. The van der Waals surface area contributed by atoms with Crippen molar-refractivity contribution in [2.45, 2.75) is 19.6 Å². The molecule has 4 aromatic carbocycles. The third-order valence-electron chi connectivity index (χ3n) is 6.88. The Hall–Kier alpha value is -3.96. The normalized spacial score (nSPS) is 13.0. The fraction of sp³-hybridized carbons (Fsp3) is 0.154. The standard InChI is InChI=1S/C26H26N6O18S6/c27-23-21(31-29-16-2-4-17(5-3-16)53(35,36)11-9-45-52-50-48-34)14-22(55(39,40)41)24(28)25(23)32-30-20-8-1-15-13-18(6-7-19(15)26(20)51-49-47-33)54(37,38)12-10-46-56(42,43)44/h1-8,13-14,33-34H,9-12,27-28H2,(H,39,40,41)(H,42,43,44). The van der Waals surface area contributed by atoms with Crippen LogP contribution in [0.1, 0.15) is 0 Å². The van der Waals surface area contributed by atoms with Gasteiger partial charge in [-0.1, -0.05) is 22.2 Å². The molecule has 0 fully saturated rings. The maximum Gasteiger partial charge on any atom is 0.397 e. The molecule has 0 heterocycles. The van der Waals surface area contributed by atoms with Crippen molar-refractivity contribution in [3.05, 3.63) is 60.7 Å². The van der Waals surface area contributed by atoms with Gasteiger partial charge in [0.15, 0.2) is 32.0 Å². The summed E-state index contributed by atoms with van der Waals surface area (Å²) >= 11 is 0.597. The van der Waals surface area contributed by atoms with Gasteiger partial charge in [-0.15, -0.1) is 24.0 Å². The molecule has 0 aliphatic carbocycles. The number of nitrogens with two attached hydrogens (primary N) is 2. The van der Waals surface area contributed by atoms with Gasteiger partial charge in [-0.05, 0) is 53.9 Å². The molecule has 0 saturated heterocycles. The molecule has 4 aromatic rings. The molecular formula is C26H26N6O18S6. The average molecular weight is 903 g/mol. The van der Waals surface area contributed by atoms with E-state index in [9.17, 15) is 38.2 Å². The molecular weight excluding hydrogens is 877 g/mol. The number of hydrogen-bond donors (Lipinski definition) is 6. The predicted molar refractivity (Wildman–Crippen MR) is 194 cm³/mol. The van der Waals surface area contributed by atoms with E-state index in [0.29, 0.717) is 12.0 Å². The fourth-order valence-electron chi connectivity index (χ4n) is 4.37. The maximum atomic E-state index is 12.8. The second kappa shape index (κ2) is 19.0. The van der Waals surface area contributed by atoms with Gasteiger partial charge in [-0.25, -0.2) is 31.5 Å². The van der Waals surface area contributed by atoms with Gasteiger partial charge >= 0.3 is 10.4 Å². The molecule has 8 N–H and O–H groups in total. The molecule has 0 saturated carbocycles. The summed E-state index contributed by atoms with van der Waals surface area (Å²) in [7, 11) is -17.9. The second-order valence-electron chi connectivity index (χ2n) is 10.4. The molecule has 0 radical (unpaired) electrons. The maximum absolute atomic E-state index is 12.8. The third kappa shape index (κ3) is 12.0. The summed E-state index contributed by atoms with van der Waals surface area (Å²) in [5.74, 6) is -1.28. The van der Waals surface area contributed by atoms with E-state index < -0.39 is 74.6 Å². The van der Waals surface area contributed by atoms with Gasteiger partial charge in [0.05, 0.1) is 68.5 Å². The van der Waals surface area contributed by atoms with Gasteiger partial charge in [0.25, 0.3) is 10.1 Å². The topological polar surface area (TPSA) is 374 Å². The first-order valence-electron chi connectivity index (χ1n) is 14.5. The molecule has 0 bridgehead atoms. The number of benzene rings is 4. The second-order valence-corrected chi connectivity index (χ2v) is 18.3. The van der Waals surface area contributed by atoms with Crippen molar-refractivity contribution >= 4 is 109 Å². The molecule has 0 amide bonds. The fourth-order valence-corrected chi connectivity index (χ4v) is 8.51. The molecule has 24 nitrogen and oxygen atoms in total. The molecule has 4 rings (SSSR count). The van der Waals surface area contributed by atoms with E-state index in [-0.39, 0.29) is 67.1 Å². The lowest BCUT2D eigenvalue weighted by molar-refractivity contribution is -0.434. The van der Waals surface area contributed by atoms with Gasteiger partial charge < -0.3 is 11.5 Å². The van der Waals surface area contributed by atoms with Crippen LogP contribution < -0.4 is 11.5 Å². The molecule has 0 atom stereocenters. The van der Waals surface area contributed by atoms with Crippen molar-refractivity contribution in [3.8, 4) is 0 Å². The zero-order chi connectivity index (χ0) is 41.3. The minimum absolute atomic E-state index is 0.0455. The van der Waals surface area contributed by atoms with Crippen molar-refractivity contribution in [1.82, 2.24) is 0 Å². The smallest absolute Gasteiger partial charge is 0.396 e. The predicted octanol–water partition coefficient (Wildman–Crippen LogP) is 4.88. The average Bonchev–Trinajstić information content (AvgIpc) is 3.12. The largest absolute Gasteiger partial charge is 0.397 e. The molecule has 0 aromatic heterocycles. The summed E-state index contributed by atoms with van der Waals surface area (Å²) in [6, 6.07) is 12.1. The van der Waals surface area contributed by atoms with E-state index in [1.807, 2.05) is 0 Å². The first-order valence-corrected chi connectivity index (χ1v) is 22.0. The van der Waals surface area contributed by atoms with Crippen LogP contribution in [0.15, 0.2) is 101 Å². The number of nitrogen functional groups attached to an aromatic ring is 2. The van der Waals surface area contributed by atoms with Crippen LogP contribution in [0.25, 0.3) is 10.8 Å². The SMILES string of the molecule is Nc1c(N=Nc2ccc(S(=O)(=O)CCOSOOO)cc2)cc(S(=O)(=O)O)c(N)c1N=Nc1ccc2cc(S(=O)(=O)CCOS(=O)(=O)O)ccc2c1SOOO. The van der Waals surface area contributed by atoms with Crippen LogP contribution in [0.2, 0.25) is 0 Å². The van der Waals surface area contributed by atoms with Crippen molar-refractivity contribution < 1.29 is 80.4 Å². The highest BCUT2D eigenvalue weighted by Gasteiger charge is 2.24. The number of hydrogen-bond acceptors (Lipinski definition) is 24. The number of nitrogens with zero attached hydrogens (tertiary/aromatic N) is 4. The molecule has 56 heavy (non-hydrogen) atoms. The summed E-state index contributed by atoms with van der Waals surface area (Å²) in [5.41, 5.74) is 10.3. The van der Waals surface area contributed by atoms with Crippen LogP contribution in [0.4, 0.5) is 34.1 Å². The van der Waals surface area contributed by atoms with Crippen LogP contribution in [-0.2, 0) is 67.3 Å². The van der Waals surface area contributed by atoms with E-state index in [1.54, 1.807) is 0 Å². The summed E-state index contributed by atoms with van der Waals surface area (Å²) in [6.45, 7) is -1.20. The van der Waals surface area contributed by atoms with Crippen molar-refractivity contribution in [2.75, 3.05) is 36.2 Å². The molecule has 0 aliphatic heterocycles. The van der Waals surface area contributed by atoms with Crippen molar-refractivity contribution in [1.29, 1.82) is 0 Å². The van der Waals surface area contributed by atoms with Crippen molar-refractivity contribution in [2.24, 2.45) is 20.5 Å². The Balaban J connectivity index is 1.68. The number of azo groups is 2. The summed E-state index contributed by atoms with van der Waals surface area (Å²) in [6.07, 6.45) is 0. The van der Waals surface area contributed by atoms with Crippen LogP contribution in [0, 0.1) is 0 Å². The minimum Gasteiger partial charge on any atom is -0.396 e. The van der Waals surface area contributed by atoms with Gasteiger partial charge in [0, 0.05) is 5.39 Å². The summed E-state index contributed by atoms with van der Waals surface area (Å²) in [5, 5.41) is 40.2. The van der Waals surface area contributed by atoms with Gasteiger partial charge in [0.1, 0.15) is 22.0 Å². The summed E-state index contributed by atoms with van der Waals surface area (Å²) in [4.78, 5) is -1.22. The lowest BCUT2D eigenvalue weighted by Crippen LogP contribution is -2.15. The highest BCUT2D eigenvalue weighted by Crippen LogP contribution is 2.44. The number of sulfone groups is 2. The Labute approximate surface area is 325 Å². The Kier molecular flexibility index (Phi) is 15.2. The summed E-state index contributed by atoms with van der Waals surface area (Å²) < 4.78 is 133. The first kappa shape index (κ1) is 44.8. The minimum atomic E-state index is -5.03. The van der Waals surface area contributed by atoms with E-state index >= 15 is 0 Å². The molecule has 0 spiro atoms. The number of rotatable bonds is 20. The molecule has 304 valence electrons. The van der Waals surface area contributed by atoms with Gasteiger partial charge in [-0.3, -0.25) is 13.3 Å². The van der Waals surface area contributed by atoms with Crippen molar-refractivity contribution in [3.63, 3.8) is 0 Å². The molecule has 30 heteroatoms. The lowest BCUT2D eigenvalue weighted by Gasteiger charge is -2.12. The number of fused-ring (bicyclic) bond motifs is 1. The van der Waals surface area contributed by atoms with Crippen LogP contribution in [0.5, 0.6) is 0 Å². The Bertz CT molecular complexity index is 2580. The Morgan fingerprint density at radius 1 is 0.661 bits per heavy atom. The molecule has 0 unspecified atom stereocenters. The van der Waals surface area contributed by atoms with Crippen LogP contribution in [0.3, 0.4) is 0 Å². The third-order valence-corrected chi connectivity index (χ3v) is 12.7. The Morgan fingerprint density at radius 3 is 1.93 bits per heavy atom. The van der Waals surface area contributed by atoms with E-state index in [0.717, 1.165) is 12.1 Å². The van der Waals surface area contributed by atoms with Crippen LogP contribution in [-0.4, -0.2) is 78.0 Å². The van der Waals surface area contributed by atoms with E-state index in [4.69, 9.17) is 30.7 Å². The number of anilines is 2. The van der Waals surface area contributed by atoms with Crippen LogP contribution >= 0.6 is 24.4 Å². The highest BCUT2D eigenvalue weighted by molar-refractivity contribution is 7.95. The quantitative estimate of drug-likeness (QED) is 0.0131. The zero-order valence-corrected chi connectivity index (χ0v) is 32.4. The Morgan fingerprint density at radius 2 is 1.29 bits per heavy atom. The monoisotopic (exact) mass is 902 g/mol.